The number of aryl methyl sites for hydroxylation is 1. The van der Waals surface area contributed by atoms with Gasteiger partial charge >= 0.3 is 0 Å². The predicted molar refractivity (Wildman–Crippen MR) is 90.6 cm³/mol. The zero-order valence-electron chi connectivity index (χ0n) is 14.1. The van der Waals surface area contributed by atoms with Crippen LogP contribution in [0.1, 0.15) is 21.9 Å². The molecule has 1 saturated heterocycles. The van der Waals surface area contributed by atoms with Gasteiger partial charge in [0.05, 0.1) is 6.42 Å². The lowest BCUT2D eigenvalue weighted by atomic mass is 10.2. The molecule has 0 atom stereocenters. The van der Waals surface area contributed by atoms with Gasteiger partial charge in [-0.05, 0) is 31.2 Å². The van der Waals surface area contributed by atoms with Crippen molar-refractivity contribution in [3.8, 4) is 0 Å². The molecular formula is C18H22N4O2. The maximum atomic E-state index is 12.6. The Morgan fingerprint density at radius 3 is 2.33 bits per heavy atom. The van der Waals surface area contributed by atoms with Crippen LogP contribution < -0.4 is 0 Å². The molecule has 0 N–H and O–H groups in total. The molecule has 1 aliphatic rings. The summed E-state index contributed by atoms with van der Waals surface area (Å²) in [7, 11) is 1.90. The third kappa shape index (κ3) is 3.32. The van der Waals surface area contributed by atoms with E-state index in [1.54, 1.807) is 6.20 Å². The second-order valence-corrected chi connectivity index (χ2v) is 6.09. The molecule has 0 aromatic carbocycles. The minimum Gasteiger partial charge on any atom is -0.344 e. The summed E-state index contributed by atoms with van der Waals surface area (Å²) in [6, 6.07) is 9.38. The molecule has 0 radical (unpaired) electrons. The van der Waals surface area contributed by atoms with Gasteiger partial charge in [0.25, 0.3) is 5.91 Å². The quantitative estimate of drug-likeness (QED) is 0.853. The first-order valence-electron chi connectivity index (χ1n) is 8.15. The molecule has 24 heavy (non-hydrogen) atoms. The van der Waals surface area contributed by atoms with E-state index in [4.69, 9.17) is 0 Å². The second kappa shape index (κ2) is 6.86. The van der Waals surface area contributed by atoms with Crippen LogP contribution in [0.4, 0.5) is 0 Å². The highest BCUT2D eigenvalue weighted by Crippen LogP contribution is 2.12. The van der Waals surface area contributed by atoms with Crippen LogP contribution in [-0.2, 0) is 18.3 Å². The van der Waals surface area contributed by atoms with Crippen LogP contribution in [0.15, 0.2) is 36.5 Å². The Balaban J connectivity index is 1.56. The third-order valence-electron chi connectivity index (χ3n) is 4.57. The van der Waals surface area contributed by atoms with Crippen molar-refractivity contribution in [1.29, 1.82) is 0 Å². The van der Waals surface area contributed by atoms with Gasteiger partial charge in [0.1, 0.15) is 5.69 Å². The number of hydrogen-bond donors (Lipinski definition) is 0. The fourth-order valence-electron chi connectivity index (χ4n) is 2.92. The van der Waals surface area contributed by atoms with Crippen LogP contribution in [0.2, 0.25) is 0 Å². The lowest BCUT2D eigenvalue weighted by molar-refractivity contribution is -0.132. The molecule has 3 rings (SSSR count). The van der Waals surface area contributed by atoms with E-state index in [0.717, 1.165) is 11.4 Å². The van der Waals surface area contributed by atoms with E-state index in [1.165, 1.54) is 0 Å². The fourth-order valence-corrected chi connectivity index (χ4v) is 2.92. The normalized spacial score (nSPS) is 14.8. The van der Waals surface area contributed by atoms with E-state index in [1.807, 2.05) is 58.7 Å². The third-order valence-corrected chi connectivity index (χ3v) is 4.57. The Labute approximate surface area is 141 Å². The lowest BCUT2D eigenvalue weighted by Crippen LogP contribution is -2.51. The second-order valence-electron chi connectivity index (χ2n) is 6.09. The van der Waals surface area contributed by atoms with Crippen LogP contribution in [0, 0.1) is 6.92 Å². The van der Waals surface area contributed by atoms with E-state index >= 15 is 0 Å². The fraction of sp³-hybridized carbons (Fsp3) is 0.389. The van der Waals surface area contributed by atoms with Crippen LogP contribution in [0.5, 0.6) is 0 Å². The van der Waals surface area contributed by atoms with Gasteiger partial charge in [0, 0.05) is 50.8 Å². The van der Waals surface area contributed by atoms with Gasteiger partial charge in [0.2, 0.25) is 5.91 Å². The summed E-state index contributed by atoms with van der Waals surface area (Å²) in [6.45, 7) is 4.25. The van der Waals surface area contributed by atoms with E-state index in [0.29, 0.717) is 38.3 Å². The molecule has 3 heterocycles. The zero-order valence-corrected chi connectivity index (χ0v) is 14.1. The molecule has 1 fully saturated rings. The monoisotopic (exact) mass is 326 g/mol. The number of aromatic nitrogens is 2. The molecule has 126 valence electrons. The Morgan fingerprint density at radius 1 is 1.04 bits per heavy atom. The van der Waals surface area contributed by atoms with Crippen LogP contribution in [-0.4, -0.2) is 57.3 Å². The summed E-state index contributed by atoms with van der Waals surface area (Å²) in [5, 5.41) is 0. The Kier molecular flexibility index (Phi) is 4.64. The maximum Gasteiger partial charge on any atom is 0.270 e. The number of nitrogens with zero attached hydrogens (tertiary/aromatic N) is 4. The number of carbonyl (C=O) groups excluding carboxylic acids is 2. The highest BCUT2D eigenvalue weighted by Gasteiger charge is 2.26. The van der Waals surface area contributed by atoms with Gasteiger partial charge in [-0.25, -0.2) is 0 Å². The SMILES string of the molecule is Cc1ccc(C(=O)N2CCN(C(=O)Cc3ccccn3)CC2)n1C. The van der Waals surface area contributed by atoms with Gasteiger partial charge in [-0.2, -0.15) is 0 Å². The Hall–Kier alpha value is -2.63. The lowest BCUT2D eigenvalue weighted by Gasteiger charge is -2.34. The molecule has 0 spiro atoms. The van der Waals surface area contributed by atoms with E-state index < -0.39 is 0 Å². The molecule has 0 saturated carbocycles. The average Bonchev–Trinajstić information content (AvgIpc) is 2.94. The maximum absolute atomic E-state index is 12.6. The van der Waals surface area contributed by atoms with Crippen molar-refractivity contribution in [2.75, 3.05) is 26.2 Å². The van der Waals surface area contributed by atoms with E-state index in [-0.39, 0.29) is 11.8 Å². The van der Waals surface area contributed by atoms with Gasteiger partial charge in [0.15, 0.2) is 0 Å². The molecule has 2 amide bonds. The van der Waals surface area contributed by atoms with Gasteiger partial charge in [-0.3, -0.25) is 14.6 Å². The topological polar surface area (TPSA) is 58.4 Å². The van der Waals surface area contributed by atoms with Crippen molar-refractivity contribution in [2.24, 2.45) is 7.05 Å². The van der Waals surface area contributed by atoms with Crippen molar-refractivity contribution < 1.29 is 9.59 Å². The van der Waals surface area contributed by atoms with Crippen LogP contribution in [0.25, 0.3) is 0 Å². The zero-order chi connectivity index (χ0) is 17.1. The average molecular weight is 326 g/mol. The summed E-state index contributed by atoms with van der Waals surface area (Å²) < 4.78 is 1.90. The Bertz CT molecular complexity index is 731. The van der Waals surface area contributed by atoms with Crippen LogP contribution in [0.3, 0.4) is 0 Å². The standard InChI is InChI=1S/C18H22N4O2/c1-14-6-7-16(20(14)2)18(24)22-11-9-21(10-12-22)17(23)13-15-5-3-4-8-19-15/h3-8H,9-13H2,1-2H3. The first kappa shape index (κ1) is 16.2. The molecule has 6 heteroatoms. The van der Waals surface area contributed by atoms with E-state index in [9.17, 15) is 9.59 Å². The van der Waals surface area contributed by atoms with Crippen molar-refractivity contribution in [2.45, 2.75) is 13.3 Å². The molecular weight excluding hydrogens is 304 g/mol. The Morgan fingerprint density at radius 2 is 1.75 bits per heavy atom. The summed E-state index contributed by atoms with van der Waals surface area (Å²) in [5.41, 5.74) is 2.53. The van der Waals surface area contributed by atoms with Crippen molar-refractivity contribution in [3.05, 3.63) is 53.6 Å². The number of piperazine rings is 1. The summed E-state index contributed by atoms with van der Waals surface area (Å²) in [5.74, 6) is 0.0953. The number of rotatable bonds is 3. The summed E-state index contributed by atoms with van der Waals surface area (Å²) in [6.07, 6.45) is 2.01. The summed E-state index contributed by atoms with van der Waals surface area (Å²) in [4.78, 5) is 32.8. The number of amides is 2. The van der Waals surface area contributed by atoms with Gasteiger partial charge < -0.3 is 14.4 Å². The number of carbonyl (C=O) groups is 2. The van der Waals surface area contributed by atoms with Crippen molar-refractivity contribution in [3.63, 3.8) is 0 Å². The van der Waals surface area contributed by atoms with Gasteiger partial charge in [-0.1, -0.05) is 6.07 Å². The molecule has 6 nitrogen and oxygen atoms in total. The molecule has 2 aromatic rings. The van der Waals surface area contributed by atoms with Crippen LogP contribution >= 0.6 is 0 Å². The first-order valence-corrected chi connectivity index (χ1v) is 8.15. The number of hydrogen-bond acceptors (Lipinski definition) is 3. The van der Waals surface area contributed by atoms with E-state index in [2.05, 4.69) is 4.98 Å². The van der Waals surface area contributed by atoms with Gasteiger partial charge in [-0.15, -0.1) is 0 Å². The smallest absolute Gasteiger partial charge is 0.270 e. The van der Waals surface area contributed by atoms with Crippen molar-refractivity contribution in [1.82, 2.24) is 19.4 Å². The largest absolute Gasteiger partial charge is 0.344 e. The molecule has 0 unspecified atom stereocenters. The first-order chi connectivity index (χ1) is 11.6. The predicted octanol–water partition coefficient (Wildman–Crippen LogP) is 1.26. The molecule has 1 aliphatic heterocycles. The number of pyridine rings is 1. The van der Waals surface area contributed by atoms with Crippen molar-refractivity contribution >= 4 is 11.8 Å². The minimum absolute atomic E-state index is 0.0300. The molecule has 0 aliphatic carbocycles. The highest BCUT2D eigenvalue weighted by molar-refractivity contribution is 5.93. The molecule has 0 bridgehead atoms. The summed E-state index contributed by atoms with van der Waals surface area (Å²) >= 11 is 0. The minimum atomic E-state index is 0.0300. The molecule has 2 aromatic heterocycles. The highest BCUT2D eigenvalue weighted by atomic mass is 16.2.